The lowest BCUT2D eigenvalue weighted by atomic mass is 10.2. The number of halogens is 4. The van der Waals surface area contributed by atoms with Gasteiger partial charge in [-0.15, -0.1) is 13.2 Å². The molecule has 3 rings (SSSR count). The zero-order valence-electron chi connectivity index (χ0n) is 13.9. The van der Waals surface area contributed by atoms with Gasteiger partial charge in [-0.05, 0) is 37.3 Å². The minimum absolute atomic E-state index is 0.0871. The summed E-state index contributed by atoms with van der Waals surface area (Å²) in [7, 11) is 0. The number of hydrogen-bond acceptors (Lipinski definition) is 4. The Hall–Kier alpha value is -3.17. The van der Waals surface area contributed by atoms with Crippen LogP contribution in [0.3, 0.4) is 0 Å². The molecule has 1 aliphatic rings. The van der Waals surface area contributed by atoms with Crippen LogP contribution in [-0.2, 0) is 11.3 Å². The third kappa shape index (κ3) is 3.83. The Balaban J connectivity index is 1.82. The molecule has 1 unspecified atom stereocenters. The number of nitrogens with zero attached hydrogens (tertiary/aromatic N) is 3. The van der Waals surface area contributed by atoms with Crippen LogP contribution in [0.4, 0.5) is 28.0 Å². The molecule has 0 radical (unpaired) electrons. The second-order valence-electron chi connectivity index (χ2n) is 5.77. The van der Waals surface area contributed by atoms with Crippen molar-refractivity contribution in [1.82, 2.24) is 9.88 Å². The van der Waals surface area contributed by atoms with Crippen LogP contribution in [-0.4, -0.2) is 34.2 Å². The summed E-state index contributed by atoms with van der Waals surface area (Å²) < 4.78 is 54.2. The number of amides is 3. The van der Waals surface area contributed by atoms with Crippen molar-refractivity contribution in [1.29, 1.82) is 0 Å². The third-order valence-electron chi connectivity index (χ3n) is 4.01. The van der Waals surface area contributed by atoms with Gasteiger partial charge < -0.3 is 9.64 Å². The van der Waals surface area contributed by atoms with E-state index in [4.69, 9.17) is 0 Å². The van der Waals surface area contributed by atoms with Gasteiger partial charge in [-0.3, -0.25) is 9.78 Å². The van der Waals surface area contributed by atoms with E-state index in [-0.39, 0.29) is 17.8 Å². The van der Waals surface area contributed by atoms with Gasteiger partial charge in [-0.2, -0.15) is 0 Å². The number of alkyl halides is 3. The minimum Gasteiger partial charge on any atom is -0.406 e. The average molecular weight is 383 g/mol. The number of benzene rings is 1. The highest BCUT2D eigenvalue weighted by Gasteiger charge is 2.43. The molecule has 10 heteroatoms. The van der Waals surface area contributed by atoms with E-state index in [0.717, 1.165) is 23.2 Å². The molecule has 1 aromatic heterocycles. The topological polar surface area (TPSA) is 62.7 Å². The molecule has 1 fully saturated rings. The van der Waals surface area contributed by atoms with Gasteiger partial charge >= 0.3 is 12.4 Å². The molecule has 0 aliphatic carbocycles. The van der Waals surface area contributed by atoms with Gasteiger partial charge in [0.1, 0.15) is 17.6 Å². The highest BCUT2D eigenvalue weighted by atomic mass is 19.4. The molecule has 0 spiro atoms. The lowest BCUT2D eigenvalue weighted by molar-refractivity contribution is -0.274. The summed E-state index contributed by atoms with van der Waals surface area (Å²) in [6.45, 7) is 1.34. The van der Waals surface area contributed by atoms with Gasteiger partial charge in [0.25, 0.3) is 5.91 Å². The Labute approximate surface area is 151 Å². The predicted octanol–water partition coefficient (Wildman–Crippen LogP) is 3.48. The van der Waals surface area contributed by atoms with E-state index < -0.39 is 35.9 Å². The van der Waals surface area contributed by atoms with Crippen LogP contribution in [0.5, 0.6) is 5.75 Å². The second kappa shape index (κ2) is 6.86. The standard InChI is InChI=1S/C17H13F4N3O3/c1-10-15(25)24(12-2-4-13(5-3-12)27-17(19,20)21)16(26)23(10)9-11-6-7-22-8-14(11)18/h2-8,10H,9H2,1H3. The molecule has 0 N–H and O–H groups in total. The predicted molar refractivity (Wildman–Crippen MR) is 85.2 cm³/mol. The van der Waals surface area contributed by atoms with Gasteiger partial charge in [0.15, 0.2) is 0 Å². The summed E-state index contributed by atoms with van der Waals surface area (Å²) in [5.74, 6) is -1.66. The number of hydrogen-bond donors (Lipinski definition) is 0. The van der Waals surface area contributed by atoms with Crippen molar-refractivity contribution in [2.45, 2.75) is 25.9 Å². The number of carbonyl (C=O) groups is 2. The maximum atomic E-state index is 13.8. The third-order valence-corrected chi connectivity index (χ3v) is 4.01. The lowest BCUT2D eigenvalue weighted by Crippen LogP contribution is -2.33. The lowest BCUT2D eigenvalue weighted by Gasteiger charge is -2.19. The summed E-state index contributed by atoms with van der Waals surface area (Å²) in [5.41, 5.74) is 0.276. The Kier molecular flexibility index (Phi) is 4.73. The van der Waals surface area contributed by atoms with Crippen molar-refractivity contribution in [3.63, 3.8) is 0 Å². The molecule has 1 saturated heterocycles. The maximum Gasteiger partial charge on any atom is 0.573 e. The first kappa shape index (κ1) is 18.6. The van der Waals surface area contributed by atoms with Crippen LogP contribution in [0.1, 0.15) is 12.5 Å². The molecule has 0 bridgehead atoms. The van der Waals surface area contributed by atoms with Crippen molar-refractivity contribution in [3.8, 4) is 5.75 Å². The molecule has 1 atom stereocenters. The molecule has 6 nitrogen and oxygen atoms in total. The number of urea groups is 1. The summed E-state index contributed by atoms with van der Waals surface area (Å²) in [6, 6.07) is 4.16. The van der Waals surface area contributed by atoms with Crippen LogP contribution in [0.25, 0.3) is 0 Å². The molecule has 1 aliphatic heterocycles. The first-order valence-corrected chi connectivity index (χ1v) is 7.76. The van der Waals surface area contributed by atoms with E-state index in [1.807, 2.05) is 0 Å². The van der Waals surface area contributed by atoms with Gasteiger partial charge in [-0.1, -0.05) is 0 Å². The number of ether oxygens (including phenoxy) is 1. The Morgan fingerprint density at radius 1 is 1.15 bits per heavy atom. The van der Waals surface area contributed by atoms with Crippen LogP contribution in [0.15, 0.2) is 42.7 Å². The summed E-state index contributed by atoms with van der Waals surface area (Å²) in [4.78, 5) is 30.7. The summed E-state index contributed by atoms with van der Waals surface area (Å²) >= 11 is 0. The van der Waals surface area contributed by atoms with Crippen molar-refractivity contribution < 1.29 is 31.9 Å². The highest BCUT2D eigenvalue weighted by molar-refractivity contribution is 6.21. The first-order chi connectivity index (χ1) is 12.7. The molecule has 27 heavy (non-hydrogen) atoms. The first-order valence-electron chi connectivity index (χ1n) is 7.76. The fraction of sp³-hybridized carbons (Fsp3) is 0.235. The Morgan fingerprint density at radius 3 is 2.41 bits per heavy atom. The smallest absolute Gasteiger partial charge is 0.406 e. The van der Waals surface area contributed by atoms with Gasteiger partial charge in [0.05, 0.1) is 18.4 Å². The fourth-order valence-electron chi connectivity index (χ4n) is 2.66. The molecule has 1 aromatic carbocycles. The molecule has 2 heterocycles. The van der Waals surface area contributed by atoms with E-state index in [2.05, 4.69) is 9.72 Å². The van der Waals surface area contributed by atoms with Crippen molar-refractivity contribution >= 4 is 17.6 Å². The Morgan fingerprint density at radius 2 is 1.81 bits per heavy atom. The monoisotopic (exact) mass is 383 g/mol. The minimum atomic E-state index is -4.85. The average Bonchev–Trinajstić information content (AvgIpc) is 2.80. The number of aromatic nitrogens is 1. The fourth-order valence-corrected chi connectivity index (χ4v) is 2.66. The molecule has 2 aromatic rings. The normalized spacial score (nSPS) is 17.6. The van der Waals surface area contributed by atoms with E-state index in [0.29, 0.717) is 0 Å². The second-order valence-corrected chi connectivity index (χ2v) is 5.77. The number of imide groups is 1. The summed E-state index contributed by atoms with van der Waals surface area (Å²) in [6.07, 6.45) is -2.48. The Bertz CT molecular complexity index is 870. The zero-order chi connectivity index (χ0) is 19.8. The molecular formula is C17H13F4N3O3. The SMILES string of the molecule is CC1C(=O)N(c2ccc(OC(F)(F)F)cc2)C(=O)N1Cc1ccncc1F. The largest absolute Gasteiger partial charge is 0.573 e. The van der Waals surface area contributed by atoms with E-state index in [1.165, 1.54) is 36.2 Å². The van der Waals surface area contributed by atoms with Crippen LogP contribution in [0, 0.1) is 5.82 Å². The number of rotatable bonds is 4. The quantitative estimate of drug-likeness (QED) is 0.599. The van der Waals surface area contributed by atoms with Gasteiger partial charge in [0.2, 0.25) is 0 Å². The van der Waals surface area contributed by atoms with Gasteiger partial charge in [0, 0.05) is 11.8 Å². The van der Waals surface area contributed by atoms with Crippen LogP contribution < -0.4 is 9.64 Å². The summed E-state index contributed by atoms with van der Waals surface area (Å²) in [5, 5.41) is 0. The van der Waals surface area contributed by atoms with Crippen molar-refractivity contribution in [2.24, 2.45) is 0 Å². The van der Waals surface area contributed by atoms with Crippen LogP contribution >= 0.6 is 0 Å². The molecular weight excluding hydrogens is 370 g/mol. The van der Waals surface area contributed by atoms with E-state index in [9.17, 15) is 27.2 Å². The highest BCUT2D eigenvalue weighted by Crippen LogP contribution is 2.30. The van der Waals surface area contributed by atoms with Crippen LogP contribution in [0.2, 0.25) is 0 Å². The maximum absolute atomic E-state index is 13.8. The molecule has 142 valence electrons. The molecule has 3 amide bonds. The van der Waals surface area contributed by atoms with Crippen molar-refractivity contribution in [3.05, 3.63) is 54.1 Å². The van der Waals surface area contributed by atoms with E-state index >= 15 is 0 Å². The number of carbonyl (C=O) groups excluding carboxylic acids is 2. The number of anilines is 1. The van der Waals surface area contributed by atoms with E-state index in [1.54, 1.807) is 0 Å². The van der Waals surface area contributed by atoms with Gasteiger partial charge in [-0.25, -0.2) is 14.1 Å². The van der Waals surface area contributed by atoms with Crippen molar-refractivity contribution in [2.75, 3.05) is 4.90 Å². The zero-order valence-corrected chi connectivity index (χ0v) is 13.9. The number of pyridine rings is 1. The molecule has 0 saturated carbocycles.